The van der Waals surface area contributed by atoms with Crippen LogP contribution in [0.4, 0.5) is 0 Å². The molecule has 1 saturated carbocycles. The third-order valence-corrected chi connectivity index (χ3v) is 3.98. The molecule has 6 nitrogen and oxygen atoms in total. The third kappa shape index (κ3) is 3.51. The van der Waals surface area contributed by atoms with Gasteiger partial charge >= 0.3 is 0 Å². The van der Waals surface area contributed by atoms with Crippen LogP contribution in [-0.4, -0.2) is 31.8 Å². The Morgan fingerprint density at radius 2 is 2.19 bits per heavy atom. The maximum Gasteiger partial charge on any atom is 0.271 e. The van der Waals surface area contributed by atoms with Gasteiger partial charge in [0.2, 0.25) is 0 Å². The van der Waals surface area contributed by atoms with Gasteiger partial charge < -0.3 is 9.88 Å². The van der Waals surface area contributed by atoms with E-state index in [0.717, 1.165) is 13.0 Å². The Bertz CT molecular complexity index is 569. The van der Waals surface area contributed by atoms with Crippen LogP contribution in [0.2, 0.25) is 0 Å². The second-order valence-electron chi connectivity index (χ2n) is 5.53. The van der Waals surface area contributed by atoms with Gasteiger partial charge in [0.1, 0.15) is 5.69 Å². The number of carbonyl (C=O) groups is 1. The van der Waals surface area contributed by atoms with E-state index in [0.29, 0.717) is 18.3 Å². The van der Waals surface area contributed by atoms with Crippen molar-refractivity contribution in [1.29, 1.82) is 0 Å². The van der Waals surface area contributed by atoms with Crippen LogP contribution in [0.25, 0.3) is 0 Å². The summed E-state index contributed by atoms with van der Waals surface area (Å²) >= 11 is 0. The highest BCUT2D eigenvalue weighted by molar-refractivity contribution is 5.92. The second kappa shape index (κ2) is 6.56. The predicted molar refractivity (Wildman–Crippen MR) is 78.9 cm³/mol. The number of carbonyl (C=O) groups excluding carboxylic acids is 1. The number of nitrogens with zero attached hydrogens (tertiary/aromatic N) is 4. The second-order valence-corrected chi connectivity index (χ2v) is 5.53. The molecule has 3 rings (SSSR count). The van der Waals surface area contributed by atoms with E-state index >= 15 is 0 Å². The molecule has 0 atom stereocenters. The molecule has 0 radical (unpaired) electrons. The van der Waals surface area contributed by atoms with Gasteiger partial charge in [-0.15, -0.1) is 0 Å². The molecule has 0 spiro atoms. The van der Waals surface area contributed by atoms with Crippen molar-refractivity contribution in [1.82, 2.24) is 24.6 Å². The summed E-state index contributed by atoms with van der Waals surface area (Å²) in [6.07, 6.45) is 13.1. The smallest absolute Gasteiger partial charge is 0.271 e. The Morgan fingerprint density at radius 3 is 2.95 bits per heavy atom. The first-order chi connectivity index (χ1) is 10.3. The Hall–Kier alpha value is -2.11. The quantitative estimate of drug-likeness (QED) is 0.827. The predicted octanol–water partition coefficient (Wildman–Crippen LogP) is 2.01. The summed E-state index contributed by atoms with van der Waals surface area (Å²) in [4.78, 5) is 16.0. The Labute approximate surface area is 124 Å². The number of rotatable bonds is 6. The van der Waals surface area contributed by atoms with Crippen molar-refractivity contribution in [3.63, 3.8) is 0 Å². The molecular formula is C15H21N5O. The molecule has 1 N–H and O–H groups in total. The SMILES string of the molecule is O=C(NCCCn1ccnc1)c1ccn(C2CCCC2)n1. The normalized spacial score (nSPS) is 15.4. The van der Waals surface area contributed by atoms with E-state index in [9.17, 15) is 4.79 Å². The van der Waals surface area contributed by atoms with Crippen molar-refractivity contribution < 1.29 is 4.79 Å². The minimum Gasteiger partial charge on any atom is -0.351 e. The van der Waals surface area contributed by atoms with Gasteiger partial charge in [-0.1, -0.05) is 12.8 Å². The molecule has 1 aliphatic rings. The highest BCUT2D eigenvalue weighted by Gasteiger charge is 2.18. The number of amides is 1. The van der Waals surface area contributed by atoms with Gasteiger partial charge in [-0.05, 0) is 25.3 Å². The minimum absolute atomic E-state index is 0.0858. The van der Waals surface area contributed by atoms with Crippen LogP contribution in [-0.2, 0) is 6.54 Å². The fraction of sp³-hybridized carbons (Fsp3) is 0.533. The largest absolute Gasteiger partial charge is 0.351 e. The topological polar surface area (TPSA) is 64.7 Å². The van der Waals surface area contributed by atoms with Gasteiger partial charge in [-0.25, -0.2) is 4.98 Å². The Balaban J connectivity index is 1.44. The van der Waals surface area contributed by atoms with Crippen LogP contribution in [0.5, 0.6) is 0 Å². The fourth-order valence-corrected chi connectivity index (χ4v) is 2.80. The van der Waals surface area contributed by atoms with Crippen molar-refractivity contribution in [2.45, 2.75) is 44.7 Å². The number of aryl methyl sites for hydroxylation is 1. The molecule has 2 aromatic heterocycles. The fourth-order valence-electron chi connectivity index (χ4n) is 2.80. The van der Waals surface area contributed by atoms with Crippen LogP contribution in [0, 0.1) is 0 Å². The number of imidazole rings is 1. The molecular weight excluding hydrogens is 266 g/mol. The van der Waals surface area contributed by atoms with E-state index in [1.807, 2.05) is 27.7 Å². The number of nitrogens with one attached hydrogen (secondary N) is 1. The molecule has 0 saturated heterocycles. The zero-order chi connectivity index (χ0) is 14.5. The summed E-state index contributed by atoms with van der Waals surface area (Å²) in [5, 5.41) is 7.33. The van der Waals surface area contributed by atoms with Gasteiger partial charge in [0.15, 0.2) is 0 Å². The van der Waals surface area contributed by atoms with Gasteiger partial charge in [0, 0.05) is 31.7 Å². The summed E-state index contributed by atoms with van der Waals surface area (Å²) in [7, 11) is 0. The van der Waals surface area contributed by atoms with E-state index < -0.39 is 0 Å². The summed E-state index contributed by atoms with van der Waals surface area (Å²) in [6, 6.07) is 2.29. The number of hydrogen-bond donors (Lipinski definition) is 1. The van der Waals surface area contributed by atoms with Crippen molar-refractivity contribution in [2.75, 3.05) is 6.54 Å². The highest BCUT2D eigenvalue weighted by atomic mass is 16.1. The first-order valence-electron chi connectivity index (χ1n) is 7.62. The summed E-state index contributed by atoms with van der Waals surface area (Å²) in [5.41, 5.74) is 0.518. The molecule has 1 fully saturated rings. The maximum absolute atomic E-state index is 12.0. The lowest BCUT2D eigenvalue weighted by molar-refractivity contribution is 0.0946. The molecule has 6 heteroatoms. The molecule has 0 aliphatic heterocycles. The number of aromatic nitrogens is 4. The lowest BCUT2D eigenvalue weighted by Gasteiger charge is -2.08. The van der Waals surface area contributed by atoms with Crippen molar-refractivity contribution >= 4 is 5.91 Å². The first-order valence-corrected chi connectivity index (χ1v) is 7.62. The average molecular weight is 287 g/mol. The lowest BCUT2D eigenvalue weighted by atomic mass is 10.3. The summed E-state index contributed by atoms with van der Waals surface area (Å²) in [5.74, 6) is -0.0858. The van der Waals surface area contributed by atoms with E-state index in [1.165, 1.54) is 25.7 Å². The van der Waals surface area contributed by atoms with Gasteiger partial charge in [-0.2, -0.15) is 5.10 Å². The Kier molecular flexibility index (Phi) is 4.33. The molecule has 0 aromatic carbocycles. The minimum atomic E-state index is -0.0858. The zero-order valence-corrected chi connectivity index (χ0v) is 12.1. The highest BCUT2D eigenvalue weighted by Crippen LogP contribution is 2.28. The van der Waals surface area contributed by atoms with Crippen LogP contribution >= 0.6 is 0 Å². The standard InChI is InChI=1S/C15H21N5O/c21-15(17-7-3-9-19-11-8-16-12-19)14-6-10-20(18-14)13-4-1-2-5-13/h6,8,10-13H,1-5,7,9H2,(H,17,21). The summed E-state index contributed by atoms with van der Waals surface area (Å²) in [6.45, 7) is 1.50. The molecule has 1 amide bonds. The molecule has 1 aliphatic carbocycles. The van der Waals surface area contributed by atoms with Crippen LogP contribution in [0.3, 0.4) is 0 Å². The third-order valence-electron chi connectivity index (χ3n) is 3.98. The van der Waals surface area contributed by atoms with Crippen molar-refractivity contribution in [2.24, 2.45) is 0 Å². The molecule has 2 aromatic rings. The van der Waals surface area contributed by atoms with Gasteiger partial charge in [-0.3, -0.25) is 9.48 Å². The van der Waals surface area contributed by atoms with Crippen molar-refractivity contribution in [3.8, 4) is 0 Å². The van der Waals surface area contributed by atoms with E-state index in [1.54, 1.807) is 12.5 Å². The maximum atomic E-state index is 12.0. The summed E-state index contributed by atoms with van der Waals surface area (Å²) < 4.78 is 3.95. The molecule has 0 unspecified atom stereocenters. The molecule has 0 bridgehead atoms. The number of hydrogen-bond acceptors (Lipinski definition) is 3. The van der Waals surface area contributed by atoms with Gasteiger partial charge in [0.05, 0.1) is 12.4 Å². The van der Waals surface area contributed by atoms with Crippen LogP contribution in [0.15, 0.2) is 31.0 Å². The first kappa shape index (κ1) is 13.9. The van der Waals surface area contributed by atoms with Crippen LogP contribution in [0.1, 0.15) is 48.6 Å². The molecule has 2 heterocycles. The Morgan fingerprint density at radius 1 is 1.33 bits per heavy atom. The zero-order valence-electron chi connectivity index (χ0n) is 12.1. The van der Waals surface area contributed by atoms with E-state index in [2.05, 4.69) is 15.4 Å². The van der Waals surface area contributed by atoms with Crippen molar-refractivity contribution in [3.05, 3.63) is 36.7 Å². The average Bonchev–Trinajstić information content (AvgIpc) is 3.25. The van der Waals surface area contributed by atoms with E-state index in [-0.39, 0.29) is 5.91 Å². The molecule has 21 heavy (non-hydrogen) atoms. The molecule has 112 valence electrons. The van der Waals surface area contributed by atoms with Crippen LogP contribution < -0.4 is 5.32 Å². The lowest BCUT2D eigenvalue weighted by Crippen LogP contribution is -2.26. The van der Waals surface area contributed by atoms with E-state index in [4.69, 9.17) is 0 Å². The monoisotopic (exact) mass is 287 g/mol. The van der Waals surface area contributed by atoms with Gasteiger partial charge in [0.25, 0.3) is 5.91 Å².